The lowest BCUT2D eigenvalue weighted by molar-refractivity contribution is -0.132. The molecule has 382 valence electrons. The summed E-state index contributed by atoms with van der Waals surface area (Å²) in [4.78, 5) is 85.3. The highest BCUT2D eigenvalue weighted by atomic mass is 19.1. The van der Waals surface area contributed by atoms with E-state index in [1.807, 2.05) is 62.4 Å². The smallest absolute Gasteiger partial charge is 0.252 e. The topological polar surface area (TPSA) is 157 Å². The van der Waals surface area contributed by atoms with Crippen LogP contribution in [0.4, 0.5) is 8.78 Å². The summed E-state index contributed by atoms with van der Waals surface area (Å²) in [6.45, 7) is 6.33. The van der Waals surface area contributed by atoms with Crippen molar-refractivity contribution < 1.29 is 37.5 Å². The Morgan fingerprint density at radius 1 is 0.405 bits per heavy atom. The van der Waals surface area contributed by atoms with Crippen molar-refractivity contribution in [1.82, 2.24) is 31.1 Å². The molecular weight excluding hydrogens is 939 g/mol. The Hall–Kier alpha value is -8.00. The Bertz CT molecular complexity index is 2810. The van der Waals surface area contributed by atoms with Gasteiger partial charge in [0.05, 0.1) is 22.3 Å². The van der Waals surface area contributed by atoms with Crippen LogP contribution in [0.1, 0.15) is 136 Å². The number of aryl methyl sites for hydroxylation is 2. The second-order valence-corrected chi connectivity index (χ2v) is 19.3. The van der Waals surface area contributed by atoms with E-state index in [4.69, 9.17) is 0 Å². The molecule has 0 bridgehead atoms. The summed E-state index contributed by atoms with van der Waals surface area (Å²) in [6.07, 6.45) is 4.33. The minimum Gasteiger partial charge on any atom is -0.352 e. The summed E-state index contributed by atoms with van der Waals surface area (Å²) >= 11 is 0. The first-order valence-corrected chi connectivity index (χ1v) is 25.4. The predicted molar refractivity (Wildman–Crippen MR) is 279 cm³/mol. The lowest BCUT2D eigenvalue weighted by atomic mass is 9.98. The zero-order valence-electron chi connectivity index (χ0n) is 42.0. The zero-order chi connectivity index (χ0) is 52.1. The standard InChI is InChI=1S/C60H62F2N6O6/c1-39-9-13-43(14-10-39)33-65-59(73)53-31-47-37-67(35-45(47)29-51(53)57(71)63-27-25-41-17-21-49(61)22-18-41)55(69)7-5-3-4-6-8-56(70)68-36-46-30-52(58(72)64-28-26-42-19-23-50(62)24-20-42)54(32-48(46)38-68)60(74)66-34-44-15-11-40(2)12-16-44/h9-24,29-32H,3-8,25-28,33-38H2,1-2H3,(H,63,71)(H,64,72)(H,65,73)(H,66,74). The van der Waals surface area contributed by atoms with Gasteiger partial charge in [-0.1, -0.05) is 96.8 Å². The van der Waals surface area contributed by atoms with Crippen molar-refractivity contribution in [3.63, 3.8) is 0 Å². The number of halogens is 2. The van der Waals surface area contributed by atoms with Crippen LogP contribution in [0.15, 0.2) is 121 Å². The monoisotopic (exact) mass is 1000 g/mol. The van der Waals surface area contributed by atoms with Gasteiger partial charge in [0.15, 0.2) is 0 Å². The van der Waals surface area contributed by atoms with Crippen molar-refractivity contribution in [1.29, 1.82) is 0 Å². The summed E-state index contributed by atoms with van der Waals surface area (Å²) in [6, 6.07) is 34.7. The second-order valence-electron chi connectivity index (χ2n) is 19.3. The Balaban J connectivity index is 0.820. The maximum absolute atomic E-state index is 13.7. The zero-order valence-corrected chi connectivity index (χ0v) is 42.0. The van der Waals surface area contributed by atoms with E-state index in [1.54, 1.807) is 58.3 Å². The van der Waals surface area contributed by atoms with Crippen LogP contribution in [-0.2, 0) is 61.7 Å². The fourth-order valence-electron chi connectivity index (χ4n) is 9.33. The first kappa shape index (κ1) is 52.3. The van der Waals surface area contributed by atoms with Crippen LogP contribution in [0, 0.1) is 25.5 Å². The van der Waals surface area contributed by atoms with Crippen LogP contribution in [0.2, 0.25) is 0 Å². The molecule has 74 heavy (non-hydrogen) atoms. The molecule has 2 heterocycles. The van der Waals surface area contributed by atoms with Gasteiger partial charge in [-0.25, -0.2) is 8.78 Å². The van der Waals surface area contributed by atoms with Gasteiger partial charge in [-0.15, -0.1) is 0 Å². The number of unbranched alkanes of at least 4 members (excludes halogenated alkanes) is 3. The lowest BCUT2D eigenvalue weighted by Gasteiger charge is -2.16. The molecule has 8 rings (SSSR count). The molecule has 0 fully saturated rings. The lowest BCUT2D eigenvalue weighted by Crippen LogP contribution is -2.30. The SMILES string of the molecule is Cc1ccc(CNC(=O)c2cc3c(cc2C(=O)NCCc2ccc(F)cc2)CN(C(=O)CCCCCCC(=O)N2Cc4cc(C(=O)NCCc5ccc(F)cc5)c(C(=O)NCc5ccc(C)cc5)cc4C2)C3)cc1. The maximum atomic E-state index is 13.7. The number of hydrogen-bond acceptors (Lipinski definition) is 6. The Morgan fingerprint density at radius 2 is 0.703 bits per heavy atom. The first-order valence-electron chi connectivity index (χ1n) is 25.4. The van der Waals surface area contributed by atoms with Crippen LogP contribution < -0.4 is 21.3 Å². The van der Waals surface area contributed by atoms with E-state index >= 15 is 0 Å². The summed E-state index contributed by atoms with van der Waals surface area (Å²) in [7, 11) is 0. The van der Waals surface area contributed by atoms with E-state index in [0.717, 1.165) is 68.5 Å². The second kappa shape index (κ2) is 24.6. The molecule has 0 saturated heterocycles. The largest absolute Gasteiger partial charge is 0.352 e. The molecule has 12 nitrogen and oxygen atoms in total. The number of rotatable bonds is 21. The minimum atomic E-state index is -0.415. The van der Waals surface area contributed by atoms with Crippen molar-refractivity contribution >= 4 is 35.4 Å². The molecule has 4 N–H and O–H groups in total. The van der Waals surface area contributed by atoms with Gasteiger partial charge < -0.3 is 31.1 Å². The van der Waals surface area contributed by atoms with Crippen molar-refractivity contribution in [2.75, 3.05) is 13.1 Å². The van der Waals surface area contributed by atoms with Crippen molar-refractivity contribution in [3.05, 3.63) is 211 Å². The van der Waals surface area contributed by atoms with Gasteiger partial charge >= 0.3 is 0 Å². The molecule has 0 unspecified atom stereocenters. The average Bonchev–Trinajstić information content (AvgIpc) is 4.04. The van der Waals surface area contributed by atoms with E-state index < -0.39 is 23.6 Å². The average molecular weight is 1000 g/mol. The number of hydrogen-bond donors (Lipinski definition) is 4. The van der Waals surface area contributed by atoms with Gasteiger partial charge in [0.2, 0.25) is 11.8 Å². The number of carbonyl (C=O) groups excluding carboxylic acids is 6. The van der Waals surface area contributed by atoms with Gasteiger partial charge in [0.1, 0.15) is 11.6 Å². The number of nitrogens with zero attached hydrogens (tertiary/aromatic N) is 2. The van der Waals surface area contributed by atoms with Gasteiger partial charge in [-0.2, -0.15) is 0 Å². The van der Waals surface area contributed by atoms with Crippen LogP contribution in [0.25, 0.3) is 0 Å². The first-order chi connectivity index (χ1) is 35.8. The van der Waals surface area contributed by atoms with Gasteiger partial charge in [0.25, 0.3) is 23.6 Å². The van der Waals surface area contributed by atoms with Gasteiger partial charge in [0, 0.05) is 65.2 Å². The van der Waals surface area contributed by atoms with Crippen LogP contribution in [0.5, 0.6) is 0 Å². The summed E-state index contributed by atoms with van der Waals surface area (Å²) in [5, 5.41) is 11.7. The van der Waals surface area contributed by atoms with Crippen LogP contribution in [0.3, 0.4) is 0 Å². The van der Waals surface area contributed by atoms with Gasteiger partial charge in [-0.05, 0) is 133 Å². The molecule has 6 aromatic carbocycles. The van der Waals surface area contributed by atoms with E-state index in [1.165, 1.54) is 24.3 Å². The summed E-state index contributed by atoms with van der Waals surface area (Å²) in [5.41, 5.74) is 9.85. The van der Waals surface area contributed by atoms with Crippen molar-refractivity contribution in [2.45, 2.75) is 104 Å². The number of benzene rings is 6. The number of carbonyl (C=O) groups is 6. The third-order valence-corrected chi connectivity index (χ3v) is 13.7. The molecule has 0 aromatic heterocycles. The predicted octanol–water partition coefficient (Wildman–Crippen LogP) is 9.11. The molecule has 6 amide bonds. The maximum Gasteiger partial charge on any atom is 0.252 e. The number of amides is 6. The molecule has 0 aliphatic carbocycles. The Kier molecular flexibility index (Phi) is 17.4. The molecule has 2 aliphatic heterocycles. The normalized spacial score (nSPS) is 12.5. The Labute approximate surface area is 430 Å². The highest BCUT2D eigenvalue weighted by molar-refractivity contribution is 6.08. The van der Waals surface area contributed by atoms with Crippen LogP contribution in [-0.4, -0.2) is 58.3 Å². The fourth-order valence-corrected chi connectivity index (χ4v) is 9.33. The molecule has 14 heteroatoms. The third kappa shape index (κ3) is 13.9. The highest BCUT2D eigenvalue weighted by Gasteiger charge is 2.30. The number of fused-ring (bicyclic) bond motifs is 2. The summed E-state index contributed by atoms with van der Waals surface area (Å²) in [5.74, 6) is -2.38. The third-order valence-electron chi connectivity index (χ3n) is 13.7. The van der Waals surface area contributed by atoms with Crippen LogP contribution >= 0.6 is 0 Å². The molecular formula is C60H62F2N6O6. The van der Waals surface area contributed by atoms with Crippen molar-refractivity contribution in [3.8, 4) is 0 Å². The quantitative estimate of drug-likeness (QED) is 0.0528. The minimum absolute atomic E-state index is 0.0353. The van der Waals surface area contributed by atoms with Crippen molar-refractivity contribution in [2.24, 2.45) is 0 Å². The number of nitrogens with one attached hydrogen (secondary N) is 4. The highest BCUT2D eigenvalue weighted by Crippen LogP contribution is 2.30. The van der Waals surface area contributed by atoms with Gasteiger partial charge in [-0.3, -0.25) is 28.8 Å². The molecule has 2 aliphatic rings. The Morgan fingerprint density at radius 3 is 1.03 bits per heavy atom. The summed E-state index contributed by atoms with van der Waals surface area (Å²) < 4.78 is 26.9. The molecule has 0 spiro atoms. The van der Waals surface area contributed by atoms with E-state index in [-0.39, 0.29) is 71.9 Å². The molecule has 0 saturated carbocycles. The van der Waals surface area contributed by atoms with E-state index in [0.29, 0.717) is 64.7 Å². The van der Waals surface area contributed by atoms with E-state index in [9.17, 15) is 37.5 Å². The fraction of sp³-hybridized carbons (Fsp3) is 0.300. The van der Waals surface area contributed by atoms with E-state index in [2.05, 4.69) is 21.3 Å². The molecule has 0 atom stereocenters. The molecule has 6 aromatic rings. The molecule has 0 radical (unpaired) electrons.